The maximum absolute atomic E-state index is 13.5. The van der Waals surface area contributed by atoms with Crippen LogP contribution in [0.5, 0.6) is 5.75 Å². The van der Waals surface area contributed by atoms with Crippen molar-refractivity contribution in [3.8, 4) is 5.75 Å². The number of rotatable bonds is 11. The fraction of sp³-hybridized carbons (Fsp3) is 0.639. The van der Waals surface area contributed by atoms with Crippen LogP contribution in [0.4, 0.5) is 16.2 Å². The summed E-state index contributed by atoms with van der Waals surface area (Å²) in [6, 6.07) is 6.31. The second-order valence-corrected chi connectivity index (χ2v) is 15.1. The fourth-order valence-electron chi connectivity index (χ4n) is 6.78. The Morgan fingerprint density at radius 1 is 1.14 bits per heavy atom. The number of hydrogen-bond donors (Lipinski definition) is 1. The van der Waals surface area contributed by atoms with Crippen LogP contribution in [-0.2, 0) is 30.3 Å². The van der Waals surface area contributed by atoms with Crippen LogP contribution in [-0.4, -0.2) is 95.7 Å². The smallest absolute Gasteiger partial charge is 0.410 e. The van der Waals surface area contributed by atoms with E-state index in [-0.39, 0.29) is 43.2 Å². The number of aromatic nitrogens is 2. The van der Waals surface area contributed by atoms with E-state index in [1.807, 2.05) is 50.8 Å². The Morgan fingerprint density at radius 3 is 2.59 bits per heavy atom. The lowest BCUT2D eigenvalue weighted by molar-refractivity contribution is -0.132. The maximum Gasteiger partial charge on any atom is 0.410 e. The molecule has 2 saturated heterocycles. The van der Waals surface area contributed by atoms with E-state index < -0.39 is 23.2 Å². The Hall–Kier alpha value is -3.97. The molecule has 266 valence electrons. The minimum absolute atomic E-state index is 0.0867. The second-order valence-electron chi connectivity index (χ2n) is 15.1. The van der Waals surface area contributed by atoms with Crippen LogP contribution in [0.2, 0.25) is 0 Å². The van der Waals surface area contributed by atoms with Crippen LogP contribution >= 0.6 is 0 Å². The zero-order valence-corrected chi connectivity index (χ0v) is 29.7. The molecule has 13 heteroatoms. The summed E-state index contributed by atoms with van der Waals surface area (Å²) in [5.74, 6) is -0.0978. The third-order valence-corrected chi connectivity index (χ3v) is 9.35. The van der Waals surface area contributed by atoms with Gasteiger partial charge < -0.3 is 39.0 Å². The first-order valence-electron chi connectivity index (χ1n) is 17.3. The summed E-state index contributed by atoms with van der Waals surface area (Å²) in [4.78, 5) is 54.7. The molecule has 3 fully saturated rings. The van der Waals surface area contributed by atoms with E-state index in [1.165, 1.54) is 0 Å². The molecule has 0 spiro atoms. The van der Waals surface area contributed by atoms with Crippen molar-refractivity contribution in [3.05, 3.63) is 42.0 Å². The van der Waals surface area contributed by atoms with Gasteiger partial charge in [-0.05, 0) is 85.4 Å². The molecule has 4 aliphatic rings. The number of carbonyl (C=O) groups is 3. The van der Waals surface area contributed by atoms with Gasteiger partial charge in [0.25, 0.3) is 5.91 Å². The summed E-state index contributed by atoms with van der Waals surface area (Å²) in [7, 11) is 1.66. The van der Waals surface area contributed by atoms with Gasteiger partial charge >= 0.3 is 6.09 Å². The number of epoxide rings is 1. The summed E-state index contributed by atoms with van der Waals surface area (Å²) in [6.45, 7) is 13.0. The van der Waals surface area contributed by atoms with E-state index in [4.69, 9.17) is 18.9 Å². The second kappa shape index (κ2) is 13.7. The number of nitrogens with one attached hydrogen (secondary N) is 1. The summed E-state index contributed by atoms with van der Waals surface area (Å²) >= 11 is 0. The molecule has 6 rings (SSSR count). The summed E-state index contributed by atoms with van der Waals surface area (Å²) in [6.07, 6.45) is 5.82. The normalized spacial score (nSPS) is 24.5. The number of carbonyl (C=O) groups excluding carboxylic acids is 3. The number of likely N-dealkylation sites (tertiary alicyclic amines) is 1. The van der Waals surface area contributed by atoms with Crippen molar-refractivity contribution in [2.45, 2.75) is 103 Å². The fourth-order valence-corrected chi connectivity index (χ4v) is 6.78. The highest BCUT2D eigenvalue weighted by atomic mass is 16.6. The van der Waals surface area contributed by atoms with Crippen molar-refractivity contribution in [2.75, 3.05) is 43.2 Å². The van der Waals surface area contributed by atoms with Crippen molar-refractivity contribution >= 4 is 29.3 Å². The van der Waals surface area contributed by atoms with Gasteiger partial charge in [0.15, 0.2) is 11.8 Å². The van der Waals surface area contributed by atoms with E-state index in [0.29, 0.717) is 50.0 Å². The standard InChI is InChI=1S/C36H50N6O7/c1-22-17-38-25(18-37-22)19-39-31(43)24-15-23(20-40(21-24)34(45)49-35(2,3)4)30-32(47-30)42(26-9-10-26)27-11-12-29-28(16-27)41(13-8-14-46-7)33(44)36(5,6)48-29/h11-12,16-18,23-24,26,30,32H,8-10,13-15,19-21H2,1-7H3,(H,39,43)/t23-,24+,30?,32?/m1/s1. The van der Waals surface area contributed by atoms with E-state index in [9.17, 15) is 14.4 Å². The molecule has 49 heavy (non-hydrogen) atoms. The molecule has 4 heterocycles. The molecule has 1 aliphatic carbocycles. The lowest BCUT2D eigenvalue weighted by Crippen LogP contribution is -2.53. The van der Waals surface area contributed by atoms with Crippen LogP contribution < -0.4 is 19.9 Å². The first-order chi connectivity index (χ1) is 23.2. The van der Waals surface area contributed by atoms with Crippen molar-refractivity contribution < 1.29 is 33.3 Å². The Morgan fingerprint density at radius 2 is 1.92 bits per heavy atom. The number of aryl methyl sites for hydroxylation is 1. The highest BCUT2D eigenvalue weighted by Crippen LogP contribution is 2.48. The molecule has 0 radical (unpaired) electrons. The minimum atomic E-state index is -0.972. The zero-order valence-electron chi connectivity index (χ0n) is 29.7. The topological polar surface area (TPSA) is 139 Å². The number of benzene rings is 1. The Kier molecular flexibility index (Phi) is 9.78. The van der Waals surface area contributed by atoms with Gasteiger partial charge in [-0.2, -0.15) is 0 Å². The Balaban J connectivity index is 1.20. The number of anilines is 2. The van der Waals surface area contributed by atoms with Gasteiger partial charge in [0.1, 0.15) is 17.5 Å². The molecule has 1 saturated carbocycles. The van der Waals surface area contributed by atoms with Gasteiger partial charge in [0.05, 0.1) is 35.7 Å². The molecule has 2 aromatic rings. The molecule has 13 nitrogen and oxygen atoms in total. The average molecular weight is 679 g/mol. The van der Waals surface area contributed by atoms with Crippen LogP contribution in [0, 0.1) is 18.8 Å². The summed E-state index contributed by atoms with van der Waals surface area (Å²) in [5.41, 5.74) is 1.52. The summed E-state index contributed by atoms with van der Waals surface area (Å²) < 4.78 is 23.6. The number of fused-ring (bicyclic) bond motifs is 1. The maximum atomic E-state index is 13.5. The number of ether oxygens (including phenoxy) is 4. The molecule has 1 aromatic carbocycles. The van der Waals surface area contributed by atoms with Crippen LogP contribution in [0.15, 0.2) is 30.6 Å². The zero-order chi connectivity index (χ0) is 35.1. The van der Waals surface area contributed by atoms with Gasteiger partial charge in [-0.1, -0.05) is 0 Å². The highest BCUT2D eigenvalue weighted by Gasteiger charge is 2.55. The van der Waals surface area contributed by atoms with Crippen molar-refractivity contribution in [2.24, 2.45) is 11.8 Å². The number of hydrogen-bond acceptors (Lipinski definition) is 10. The summed E-state index contributed by atoms with van der Waals surface area (Å²) in [5, 5.41) is 3.00. The van der Waals surface area contributed by atoms with Gasteiger partial charge in [-0.15, -0.1) is 0 Å². The number of amides is 3. The molecule has 2 unspecified atom stereocenters. The SMILES string of the molecule is COCCCN1C(=O)C(C)(C)Oc2ccc(N(C3CC3)C3OC3[C@@H]3C[C@H](C(=O)NCc4cnc(C)cn4)CN(C(=O)OC(C)(C)C)C3)cc21. The van der Waals surface area contributed by atoms with Gasteiger partial charge in [-0.3, -0.25) is 19.6 Å². The van der Waals surface area contributed by atoms with Gasteiger partial charge in [0, 0.05) is 57.2 Å². The minimum Gasteiger partial charge on any atom is -0.476 e. The molecule has 0 bridgehead atoms. The third kappa shape index (κ3) is 8.09. The lowest BCUT2D eigenvalue weighted by Gasteiger charge is -2.39. The first-order valence-corrected chi connectivity index (χ1v) is 17.3. The number of methoxy groups -OCH3 is 1. The molecular weight excluding hydrogens is 628 g/mol. The third-order valence-electron chi connectivity index (χ3n) is 9.35. The quantitative estimate of drug-likeness (QED) is 0.272. The van der Waals surface area contributed by atoms with E-state index >= 15 is 0 Å². The van der Waals surface area contributed by atoms with Crippen LogP contribution in [0.25, 0.3) is 0 Å². The molecule has 4 atom stereocenters. The molecule has 3 aliphatic heterocycles. The molecular formula is C36H50N6O7. The predicted octanol–water partition coefficient (Wildman–Crippen LogP) is 4.21. The predicted molar refractivity (Wildman–Crippen MR) is 182 cm³/mol. The van der Waals surface area contributed by atoms with Gasteiger partial charge in [-0.25, -0.2) is 4.79 Å². The molecule has 1 N–H and O–H groups in total. The largest absolute Gasteiger partial charge is 0.476 e. The average Bonchev–Trinajstić information content (AvgIpc) is 3.99. The van der Waals surface area contributed by atoms with Crippen LogP contribution in [0.1, 0.15) is 71.7 Å². The molecule has 1 aromatic heterocycles. The Labute approximate surface area is 288 Å². The number of nitrogens with zero attached hydrogens (tertiary/aromatic N) is 5. The van der Waals surface area contributed by atoms with E-state index in [0.717, 1.165) is 29.9 Å². The Bertz CT molecular complexity index is 1540. The first kappa shape index (κ1) is 34.9. The number of piperidine rings is 1. The van der Waals surface area contributed by atoms with Crippen molar-refractivity contribution in [1.82, 2.24) is 20.2 Å². The van der Waals surface area contributed by atoms with Gasteiger partial charge in [0.2, 0.25) is 5.91 Å². The van der Waals surface area contributed by atoms with E-state index in [1.54, 1.807) is 38.3 Å². The highest BCUT2D eigenvalue weighted by molar-refractivity contribution is 6.02. The van der Waals surface area contributed by atoms with Crippen molar-refractivity contribution in [3.63, 3.8) is 0 Å². The van der Waals surface area contributed by atoms with Crippen LogP contribution in [0.3, 0.4) is 0 Å². The molecule has 3 amide bonds. The monoisotopic (exact) mass is 678 g/mol. The van der Waals surface area contributed by atoms with Crippen molar-refractivity contribution in [1.29, 1.82) is 0 Å². The lowest BCUT2D eigenvalue weighted by atomic mass is 9.86. The van der Waals surface area contributed by atoms with E-state index in [2.05, 4.69) is 20.2 Å².